The number of hydrogen-bond acceptors (Lipinski definition) is 3. The van der Waals surface area contributed by atoms with Gasteiger partial charge < -0.3 is 4.42 Å². The molecule has 0 saturated heterocycles. The van der Waals surface area contributed by atoms with Crippen LogP contribution in [0, 0.1) is 0 Å². The van der Waals surface area contributed by atoms with Crippen molar-refractivity contribution in [1.29, 1.82) is 0 Å². The lowest BCUT2D eigenvalue weighted by atomic mass is 10.0. The van der Waals surface area contributed by atoms with Gasteiger partial charge in [-0.05, 0) is 55.2 Å². The number of nitrogens with zero attached hydrogens (tertiary/aromatic N) is 1. The molecule has 3 aromatic carbocycles. The number of carbonyl (C=O) groups is 1. The highest BCUT2D eigenvalue weighted by molar-refractivity contribution is 6.38. The number of rotatable bonds is 7. The molecule has 0 atom stereocenters. The minimum Gasteiger partial charge on any atom is -0.436 e. The van der Waals surface area contributed by atoms with Crippen molar-refractivity contribution in [2.24, 2.45) is 0 Å². The molecule has 3 nitrogen and oxygen atoms in total. The highest BCUT2D eigenvalue weighted by atomic mass is 35.5. The lowest BCUT2D eigenvalue weighted by molar-refractivity contribution is 0.0979. The van der Waals surface area contributed by atoms with E-state index < -0.39 is 0 Å². The van der Waals surface area contributed by atoms with Gasteiger partial charge in [0, 0.05) is 12.0 Å². The van der Waals surface area contributed by atoms with E-state index in [4.69, 9.17) is 27.6 Å². The molecule has 0 fully saturated rings. The number of halogens is 2. The zero-order chi connectivity index (χ0) is 20.2. The second kappa shape index (κ2) is 8.81. The first-order chi connectivity index (χ1) is 14.1. The number of hydrogen-bond donors (Lipinski definition) is 0. The monoisotopic (exact) mass is 423 g/mol. The molecule has 146 valence electrons. The standard InChI is InChI=1S/C24H19Cl2NO2/c25-18-10-6-11-19(26)23(18)24-27-20-15-17(13-14-22(20)29-24)21(28)12-5-4-9-16-7-2-1-3-8-16/h1-3,6-8,10-11,13-15H,4-5,9,12H2. The Morgan fingerprint density at radius 3 is 2.41 bits per heavy atom. The molecule has 29 heavy (non-hydrogen) atoms. The molecule has 4 rings (SSSR count). The lowest BCUT2D eigenvalue weighted by Crippen LogP contribution is -1.99. The van der Waals surface area contributed by atoms with E-state index in [0.717, 1.165) is 19.3 Å². The molecule has 0 unspecified atom stereocenters. The van der Waals surface area contributed by atoms with Crippen LogP contribution >= 0.6 is 23.2 Å². The number of ketones is 1. The minimum atomic E-state index is 0.111. The predicted octanol–water partition coefficient (Wildman–Crippen LogP) is 7.40. The van der Waals surface area contributed by atoms with Gasteiger partial charge in [-0.25, -0.2) is 4.98 Å². The van der Waals surface area contributed by atoms with Crippen LogP contribution in [-0.2, 0) is 6.42 Å². The summed E-state index contributed by atoms with van der Waals surface area (Å²) in [5.74, 6) is 0.461. The average Bonchev–Trinajstić information content (AvgIpc) is 3.14. The molecule has 0 spiro atoms. The summed E-state index contributed by atoms with van der Waals surface area (Å²) in [5, 5.41) is 0.942. The third kappa shape index (κ3) is 4.52. The van der Waals surface area contributed by atoms with Gasteiger partial charge in [-0.15, -0.1) is 0 Å². The van der Waals surface area contributed by atoms with Gasteiger partial charge in [-0.2, -0.15) is 0 Å². The van der Waals surface area contributed by atoms with Crippen LogP contribution in [0.15, 0.2) is 71.1 Å². The Bertz CT molecular complexity index is 1130. The van der Waals surface area contributed by atoms with Crippen LogP contribution in [-0.4, -0.2) is 10.8 Å². The second-order valence-corrected chi connectivity index (χ2v) is 7.73. The van der Waals surface area contributed by atoms with Gasteiger partial charge in [-0.3, -0.25) is 4.79 Å². The normalized spacial score (nSPS) is 11.1. The number of unbranched alkanes of at least 4 members (excludes halogenated alkanes) is 1. The highest BCUT2D eigenvalue weighted by Gasteiger charge is 2.16. The molecular weight excluding hydrogens is 405 g/mol. The SMILES string of the molecule is O=C(CCCCc1ccccc1)c1ccc2oc(-c3c(Cl)cccc3Cl)nc2c1. The molecular formula is C24H19Cl2NO2. The van der Waals surface area contributed by atoms with Gasteiger partial charge >= 0.3 is 0 Å². The molecule has 0 aliphatic carbocycles. The fourth-order valence-corrected chi connectivity index (χ4v) is 3.87. The van der Waals surface area contributed by atoms with E-state index in [1.54, 1.807) is 36.4 Å². The first kappa shape index (κ1) is 19.7. The Labute approximate surface area is 179 Å². The van der Waals surface area contributed by atoms with Crippen LogP contribution in [0.3, 0.4) is 0 Å². The van der Waals surface area contributed by atoms with Crippen molar-refractivity contribution < 1.29 is 9.21 Å². The van der Waals surface area contributed by atoms with Gasteiger partial charge in [0.25, 0.3) is 0 Å². The number of benzene rings is 3. The molecule has 0 aliphatic heterocycles. The number of aryl methyl sites for hydroxylation is 1. The van der Waals surface area contributed by atoms with Crippen molar-refractivity contribution in [1.82, 2.24) is 4.98 Å². The van der Waals surface area contributed by atoms with Crippen LogP contribution in [0.4, 0.5) is 0 Å². The Balaban J connectivity index is 1.45. The summed E-state index contributed by atoms with van der Waals surface area (Å²) in [6.45, 7) is 0. The first-order valence-electron chi connectivity index (χ1n) is 9.54. The van der Waals surface area contributed by atoms with Crippen LogP contribution < -0.4 is 0 Å². The fourth-order valence-electron chi connectivity index (χ4n) is 3.31. The molecule has 0 bridgehead atoms. The van der Waals surface area contributed by atoms with E-state index in [1.165, 1.54) is 5.56 Å². The van der Waals surface area contributed by atoms with Gasteiger partial charge in [0.05, 0.1) is 15.6 Å². The minimum absolute atomic E-state index is 0.111. The molecule has 0 amide bonds. The summed E-state index contributed by atoms with van der Waals surface area (Å²) in [6.07, 6.45) is 3.33. The van der Waals surface area contributed by atoms with Gasteiger partial charge in [0.15, 0.2) is 11.4 Å². The quantitative estimate of drug-likeness (QED) is 0.229. The van der Waals surface area contributed by atoms with E-state index in [-0.39, 0.29) is 5.78 Å². The molecule has 0 radical (unpaired) electrons. The van der Waals surface area contributed by atoms with Crippen molar-refractivity contribution >= 4 is 40.1 Å². The molecule has 1 aromatic heterocycles. The van der Waals surface area contributed by atoms with Crippen LogP contribution in [0.25, 0.3) is 22.6 Å². The average molecular weight is 424 g/mol. The third-order valence-corrected chi connectivity index (χ3v) is 5.48. The van der Waals surface area contributed by atoms with Crippen LogP contribution in [0.5, 0.6) is 0 Å². The maximum atomic E-state index is 12.6. The van der Waals surface area contributed by atoms with Crippen molar-refractivity contribution in [2.75, 3.05) is 0 Å². The summed E-state index contributed by atoms with van der Waals surface area (Å²) < 4.78 is 5.81. The topological polar surface area (TPSA) is 43.1 Å². The number of Topliss-reactive ketones (excluding diaryl/α,β-unsaturated/α-hetero) is 1. The van der Waals surface area contributed by atoms with Crippen molar-refractivity contribution in [3.05, 3.63) is 87.9 Å². The van der Waals surface area contributed by atoms with Crippen LogP contribution in [0.1, 0.15) is 35.2 Å². The molecule has 4 aromatic rings. The summed E-state index contributed by atoms with van der Waals surface area (Å²) in [4.78, 5) is 17.1. The van der Waals surface area contributed by atoms with E-state index in [1.807, 2.05) is 18.2 Å². The fraction of sp³-hybridized carbons (Fsp3) is 0.167. The Morgan fingerprint density at radius 2 is 1.66 bits per heavy atom. The summed E-state index contributed by atoms with van der Waals surface area (Å²) in [5.41, 5.74) is 3.71. The maximum Gasteiger partial charge on any atom is 0.230 e. The maximum absolute atomic E-state index is 12.6. The third-order valence-electron chi connectivity index (χ3n) is 4.85. The van der Waals surface area contributed by atoms with E-state index in [0.29, 0.717) is 44.6 Å². The molecule has 0 N–H and O–H groups in total. The van der Waals surface area contributed by atoms with Gasteiger partial charge in [-0.1, -0.05) is 59.6 Å². The summed E-state index contributed by atoms with van der Waals surface area (Å²) >= 11 is 12.5. The largest absolute Gasteiger partial charge is 0.436 e. The zero-order valence-corrected chi connectivity index (χ0v) is 17.2. The summed E-state index contributed by atoms with van der Waals surface area (Å²) in [7, 11) is 0. The smallest absolute Gasteiger partial charge is 0.230 e. The Morgan fingerprint density at radius 1 is 0.897 bits per heavy atom. The Kier molecular flexibility index (Phi) is 5.98. The molecule has 0 aliphatic rings. The number of fused-ring (bicyclic) bond motifs is 1. The number of oxazole rings is 1. The first-order valence-corrected chi connectivity index (χ1v) is 10.3. The van der Waals surface area contributed by atoms with Crippen molar-refractivity contribution in [3.8, 4) is 11.5 Å². The number of carbonyl (C=O) groups excluding carboxylic acids is 1. The second-order valence-electron chi connectivity index (χ2n) is 6.91. The van der Waals surface area contributed by atoms with E-state index in [2.05, 4.69) is 17.1 Å². The van der Waals surface area contributed by atoms with Crippen molar-refractivity contribution in [2.45, 2.75) is 25.7 Å². The van der Waals surface area contributed by atoms with E-state index in [9.17, 15) is 4.79 Å². The highest BCUT2D eigenvalue weighted by Crippen LogP contribution is 2.35. The predicted molar refractivity (Wildman–Crippen MR) is 118 cm³/mol. The van der Waals surface area contributed by atoms with Gasteiger partial charge in [0.2, 0.25) is 5.89 Å². The zero-order valence-electron chi connectivity index (χ0n) is 15.7. The molecule has 1 heterocycles. The lowest BCUT2D eigenvalue weighted by Gasteiger charge is -2.02. The summed E-state index contributed by atoms with van der Waals surface area (Å²) in [6, 6.07) is 20.9. The van der Waals surface area contributed by atoms with Crippen molar-refractivity contribution in [3.63, 3.8) is 0 Å². The molecule has 0 saturated carbocycles. The molecule has 5 heteroatoms. The van der Waals surface area contributed by atoms with Crippen LogP contribution in [0.2, 0.25) is 10.0 Å². The Hall–Kier alpha value is -2.62. The van der Waals surface area contributed by atoms with Gasteiger partial charge in [0.1, 0.15) is 5.52 Å². The number of aromatic nitrogens is 1. The van der Waals surface area contributed by atoms with E-state index >= 15 is 0 Å².